The van der Waals surface area contributed by atoms with Gasteiger partial charge in [-0.05, 0) is 13.8 Å². The number of hydrogen-bond acceptors (Lipinski definition) is 5. The average molecular weight is 237 g/mol. The van der Waals surface area contributed by atoms with Gasteiger partial charge in [0.1, 0.15) is 5.82 Å². The number of thiazole rings is 1. The van der Waals surface area contributed by atoms with Crippen LogP contribution in [-0.2, 0) is 11.2 Å². The molecule has 0 atom stereocenters. The van der Waals surface area contributed by atoms with E-state index in [9.17, 15) is 4.79 Å². The molecule has 84 valence electrons. The van der Waals surface area contributed by atoms with Gasteiger partial charge in [-0.25, -0.2) is 4.98 Å². The maximum Gasteiger partial charge on any atom is 0.248 e. The zero-order chi connectivity index (χ0) is 11.5. The number of aromatic nitrogens is 4. The molecule has 0 aliphatic carbocycles. The van der Waals surface area contributed by atoms with Gasteiger partial charge in [-0.1, -0.05) is 0 Å². The van der Waals surface area contributed by atoms with Crippen molar-refractivity contribution in [2.45, 2.75) is 20.3 Å². The Morgan fingerprint density at radius 2 is 2.31 bits per heavy atom. The Hall–Kier alpha value is -1.76. The normalized spacial score (nSPS) is 10.4. The molecule has 16 heavy (non-hydrogen) atoms. The van der Waals surface area contributed by atoms with E-state index < -0.39 is 0 Å². The van der Waals surface area contributed by atoms with Crippen molar-refractivity contribution in [2.24, 2.45) is 0 Å². The van der Waals surface area contributed by atoms with Crippen molar-refractivity contribution in [1.82, 2.24) is 20.2 Å². The molecule has 0 aromatic carbocycles. The van der Waals surface area contributed by atoms with Crippen LogP contribution in [-0.4, -0.2) is 26.1 Å². The number of carbonyl (C=O) groups is 1. The van der Waals surface area contributed by atoms with Crippen molar-refractivity contribution >= 4 is 23.2 Å². The van der Waals surface area contributed by atoms with Crippen molar-refractivity contribution in [3.05, 3.63) is 21.9 Å². The van der Waals surface area contributed by atoms with Crippen LogP contribution in [0.5, 0.6) is 0 Å². The Bertz CT molecular complexity index is 459. The molecule has 2 N–H and O–H groups in total. The predicted octanol–water partition coefficient (Wildman–Crippen LogP) is 1.06. The Morgan fingerprint density at radius 1 is 1.50 bits per heavy atom. The molecule has 2 heterocycles. The molecule has 1 amide bonds. The van der Waals surface area contributed by atoms with Gasteiger partial charge in [0.15, 0.2) is 0 Å². The molecular formula is C9H11N5OS. The first-order valence-corrected chi connectivity index (χ1v) is 5.61. The van der Waals surface area contributed by atoms with Gasteiger partial charge in [0, 0.05) is 5.38 Å². The number of H-pyrrole nitrogens is 1. The average Bonchev–Trinajstić information content (AvgIpc) is 2.76. The minimum absolute atomic E-state index is 0.163. The minimum Gasteiger partial charge on any atom is -0.293 e. The molecule has 2 rings (SSSR count). The SMILES string of the molecule is Cc1nc(NC(=O)Cc2csc(C)n2)n[nH]1. The number of aryl methyl sites for hydroxylation is 2. The van der Waals surface area contributed by atoms with Crippen LogP contribution in [0, 0.1) is 13.8 Å². The number of nitrogens with zero attached hydrogens (tertiary/aromatic N) is 3. The highest BCUT2D eigenvalue weighted by molar-refractivity contribution is 7.09. The summed E-state index contributed by atoms with van der Waals surface area (Å²) in [6, 6.07) is 0. The van der Waals surface area contributed by atoms with Gasteiger partial charge >= 0.3 is 0 Å². The fourth-order valence-electron chi connectivity index (χ4n) is 1.22. The molecule has 0 bridgehead atoms. The van der Waals surface area contributed by atoms with E-state index in [0.717, 1.165) is 10.7 Å². The first-order chi connectivity index (χ1) is 7.63. The molecule has 0 fully saturated rings. The smallest absolute Gasteiger partial charge is 0.248 e. The van der Waals surface area contributed by atoms with Crippen molar-refractivity contribution < 1.29 is 4.79 Å². The molecule has 2 aromatic heterocycles. The first-order valence-electron chi connectivity index (χ1n) is 4.73. The number of anilines is 1. The summed E-state index contributed by atoms with van der Waals surface area (Å²) in [6.45, 7) is 3.68. The van der Waals surface area contributed by atoms with E-state index in [1.165, 1.54) is 11.3 Å². The monoisotopic (exact) mass is 237 g/mol. The molecule has 0 aliphatic rings. The molecular weight excluding hydrogens is 226 g/mol. The Kier molecular flexibility index (Phi) is 2.95. The Labute approximate surface area is 96.1 Å². The number of nitrogens with one attached hydrogen (secondary N) is 2. The van der Waals surface area contributed by atoms with Gasteiger partial charge < -0.3 is 0 Å². The summed E-state index contributed by atoms with van der Waals surface area (Å²) in [5.74, 6) is 0.804. The summed E-state index contributed by atoms with van der Waals surface area (Å²) in [7, 11) is 0. The quantitative estimate of drug-likeness (QED) is 0.836. The highest BCUT2D eigenvalue weighted by Crippen LogP contribution is 2.09. The van der Waals surface area contributed by atoms with Crippen LogP contribution in [0.2, 0.25) is 0 Å². The number of carbonyl (C=O) groups excluding carboxylic acids is 1. The van der Waals surface area contributed by atoms with Crippen molar-refractivity contribution in [3.8, 4) is 0 Å². The third-order valence-corrected chi connectivity index (χ3v) is 2.68. The van der Waals surface area contributed by atoms with E-state index in [1.54, 1.807) is 6.92 Å². The minimum atomic E-state index is -0.163. The second kappa shape index (κ2) is 4.40. The van der Waals surface area contributed by atoms with E-state index in [4.69, 9.17) is 0 Å². The maximum atomic E-state index is 11.6. The third kappa shape index (κ3) is 2.63. The second-order valence-corrected chi connectivity index (χ2v) is 4.39. The van der Waals surface area contributed by atoms with Gasteiger partial charge in [-0.3, -0.25) is 15.2 Å². The summed E-state index contributed by atoms with van der Waals surface area (Å²) in [6.07, 6.45) is 0.248. The highest BCUT2D eigenvalue weighted by Gasteiger charge is 2.08. The highest BCUT2D eigenvalue weighted by atomic mass is 32.1. The van der Waals surface area contributed by atoms with Crippen molar-refractivity contribution in [3.63, 3.8) is 0 Å². The summed E-state index contributed by atoms with van der Waals surface area (Å²) in [5, 5.41) is 11.9. The van der Waals surface area contributed by atoms with Crippen LogP contribution >= 0.6 is 11.3 Å². The molecule has 0 radical (unpaired) electrons. The van der Waals surface area contributed by atoms with Gasteiger partial charge in [-0.2, -0.15) is 4.98 Å². The summed E-state index contributed by atoms with van der Waals surface area (Å²) < 4.78 is 0. The molecule has 0 saturated carbocycles. The fraction of sp³-hybridized carbons (Fsp3) is 0.333. The van der Waals surface area contributed by atoms with Crippen LogP contribution in [0.1, 0.15) is 16.5 Å². The second-order valence-electron chi connectivity index (χ2n) is 3.33. The molecule has 2 aromatic rings. The zero-order valence-electron chi connectivity index (χ0n) is 8.94. The van der Waals surface area contributed by atoms with Gasteiger partial charge in [-0.15, -0.1) is 16.4 Å². The van der Waals surface area contributed by atoms with Crippen LogP contribution < -0.4 is 5.32 Å². The Morgan fingerprint density at radius 3 is 2.88 bits per heavy atom. The third-order valence-electron chi connectivity index (χ3n) is 1.86. The molecule has 0 unspecified atom stereocenters. The lowest BCUT2D eigenvalue weighted by Gasteiger charge is -1.97. The van der Waals surface area contributed by atoms with Crippen molar-refractivity contribution in [2.75, 3.05) is 5.32 Å². The first kappa shape index (κ1) is 10.7. The maximum absolute atomic E-state index is 11.6. The predicted molar refractivity (Wildman–Crippen MR) is 60.3 cm³/mol. The molecule has 0 saturated heterocycles. The lowest BCUT2D eigenvalue weighted by molar-refractivity contribution is -0.115. The molecule has 0 spiro atoms. The van der Waals surface area contributed by atoms with E-state index in [0.29, 0.717) is 11.8 Å². The van der Waals surface area contributed by atoms with E-state index in [-0.39, 0.29) is 12.3 Å². The summed E-state index contributed by atoms with van der Waals surface area (Å²) in [5.41, 5.74) is 0.771. The zero-order valence-corrected chi connectivity index (χ0v) is 9.76. The fourth-order valence-corrected chi connectivity index (χ4v) is 1.83. The largest absolute Gasteiger partial charge is 0.293 e. The number of amides is 1. The van der Waals surface area contributed by atoms with Gasteiger partial charge in [0.05, 0.1) is 17.1 Å². The van der Waals surface area contributed by atoms with Gasteiger partial charge in [0.2, 0.25) is 11.9 Å². The Balaban J connectivity index is 1.94. The molecule has 0 aliphatic heterocycles. The number of hydrogen-bond donors (Lipinski definition) is 2. The van der Waals surface area contributed by atoms with Crippen LogP contribution in [0.4, 0.5) is 5.95 Å². The molecule has 7 heteroatoms. The van der Waals surface area contributed by atoms with Crippen LogP contribution in [0.15, 0.2) is 5.38 Å². The summed E-state index contributed by atoms with van der Waals surface area (Å²) >= 11 is 1.53. The topological polar surface area (TPSA) is 83.6 Å². The van der Waals surface area contributed by atoms with E-state index >= 15 is 0 Å². The summed E-state index contributed by atoms with van der Waals surface area (Å²) in [4.78, 5) is 19.7. The number of aromatic amines is 1. The lowest BCUT2D eigenvalue weighted by Crippen LogP contribution is -2.15. The van der Waals surface area contributed by atoms with E-state index in [1.807, 2.05) is 12.3 Å². The molecule has 6 nitrogen and oxygen atoms in total. The van der Waals surface area contributed by atoms with Gasteiger partial charge in [0.25, 0.3) is 0 Å². The lowest BCUT2D eigenvalue weighted by atomic mass is 10.3. The number of rotatable bonds is 3. The van der Waals surface area contributed by atoms with Crippen LogP contribution in [0.3, 0.4) is 0 Å². The standard InChI is InChI=1S/C9H11N5OS/c1-5-10-9(14-13-5)12-8(15)3-7-4-16-6(2)11-7/h4H,3H2,1-2H3,(H2,10,12,13,14,15). The van der Waals surface area contributed by atoms with E-state index in [2.05, 4.69) is 25.5 Å². The van der Waals surface area contributed by atoms with Crippen LogP contribution in [0.25, 0.3) is 0 Å². The van der Waals surface area contributed by atoms with Crippen molar-refractivity contribution in [1.29, 1.82) is 0 Å².